The number of hydrazine groups is 1. The Hall–Kier alpha value is -3.38. The number of urea groups is 1. The van der Waals surface area contributed by atoms with Crippen molar-refractivity contribution in [1.82, 2.24) is 15.0 Å². The predicted octanol–water partition coefficient (Wildman–Crippen LogP) is 5.69. The maximum absolute atomic E-state index is 12.9. The number of para-hydroxylation sites is 1. The van der Waals surface area contributed by atoms with Gasteiger partial charge in [-0.3, -0.25) is 14.9 Å². The van der Waals surface area contributed by atoms with Crippen molar-refractivity contribution in [1.29, 1.82) is 0 Å². The summed E-state index contributed by atoms with van der Waals surface area (Å²) in [7, 11) is 0. The van der Waals surface area contributed by atoms with Gasteiger partial charge < -0.3 is 9.88 Å². The zero-order valence-corrected chi connectivity index (χ0v) is 20.7. The van der Waals surface area contributed by atoms with E-state index >= 15 is 0 Å². The number of carbonyl (C=O) groups excluding carboxylic acids is 2. The number of carbonyl (C=O) groups is 2. The molecule has 0 atom stereocenters. The quantitative estimate of drug-likeness (QED) is 0.177. The van der Waals surface area contributed by atoms with Crippen molar-refractivity contribution in [3.05, 3.63) is 97.1 Å². The van der Waals surface area contributed by atoms with Crippen molar-refractivity contribution >= 4 is 80.9 Å². The van der Waals surface area contributed by atoms with Crippen LogP contribution in [0.5, 0.6) is 0 Å². The van der Waals surface area contributed by atoms with E-state index in [-0.39, 0.29) is 26.5 Å². The molecule has 1 aliphatic rings. The third-order valence-corrected chi connectivity index (χ3v) is 6.90. The number of amides is 3. The average Bonchev–Trinajstić information content (AvgIpc) is 3.35. The van der Waals surface area contributed by atoms with Crippen molar-refractivity contribution in [2.45, 2.75) is 6.54 Å². The standard InChI is InChI=1S/C22H15Cl2N5O4S2/c23-16-8-7-14(10-17(16)24)25-21(31)26-28-20(30)19(35-22(28)34)11-15-5-3-9-27(15)12-13-4-1-2-6-18(13)29(32)33/h1-11H,12H2,(H2,25,26,31)/b19-11+. The number of anilines is 1. The molecule has 3 aromatic rings. The second-order valence-electron chi connectivity index (χ2n) is 7.16. The number of thiocarbonyl (C=S) groups is 1. The highest BCUT2D eigenvalue weighted by Crippen LogP contribution is 2.32. The van der Waals surface area contributed by atoms with Crippen LogP contribution in [-0.2, 0) is 11.3 Å². The fourth-order valence-electron chi connectivity index (χ4n) is 3.24. The largest absolute Gasteiger partial charge is 0.343 e. The molecule has 2 N–H and O–H groups in total. The summed E-state index contributed by atoms with van der Waals surface area (Å²) < 4.78 is 1.92. The van der Waals surface area contributed by atoms with Crippen LogP contribution in [0.3, 0.4) is 0 Å². The van der Waals surface area contributed by atoms with Crippen LogP contribution in [0.15, 0.2) is 65.7 Å². The molecule has 1 aromatic heterocycles. The molecule has 1 fully saturated rings. The Morgan fingerprint density at radius 3 is 2.66 bits per heavy atom. The van der Waals surface area contributed by atoms with Crippen molar-refractivity contribution in [2.24, 2.45) is 0 Å². The Balaban J connectivity index is 1.48. The summed E-state index contributed by atoms with van der Waals surface area (Å²) in [6.07, 6.45) is 3.37. The zero-order valence-electron chi connectivity index (χ0n) is 17.6. The van der Waals surface area contributed by atoms with Gasteiger partial charge in [-0.05, 0) is 48.6 Å². The molecular formula is C22H15Cl2N5O4S2. The average molecular weight is 548 g/mol. The highest BCUT2D eigenvalue weighted by atomic mass is 35.5. The number of nitrogens with one attached hydrogen (secondary N) is 2. The molecule has 4 rings (SSSR count). The van der Waals surface area contributed by atoms with Crippen molar-refractivity contribution < 1.29 is 14.5 Å². The summed E-state index contributed by atoms with van der Waals surface area (Å²) in [5.41, 5.74) is 3.98. The summed E-state index contributed by atoms with van der Waals surface area (Å²) in [5.74, 6) is -0.511. The van der Waals surface area contributed by atoms with E-state index in [0.717, 1.165) is 16.8 Å². The minimum absolute atomic E-state index is 0.00987. The van der Waals surface area contributed by atoms with Crippen molar-refractivity contribution in [2.75, 3.05) is 5.32 Å². The van der Waals surface area contributed by atoms with Crippen LogP contribution in [0.4, 0.5) is 16.2 Å². The topological polar surface area (TPSA) is 110 Å². The number of nitrogens with zero attached hydrogens (tertiary/aromatic N) is 3. The number of halogens is 2. The van der Waals surface area contributed by atoms with Crippen LogP contribution < -0.4 is 10.7 Å². The van der Waals surface area contributed by atoms with E-state index in [1.807, 2.05) is 0 Å². The maximum atomic E-state index is 12.9. The predicted molar refractivity (Wildman–Crippen MR) is 140 cm³/mol. The molecule has 13 heteroatoms. The number of nitro benzene ring substituents is 1. The monoisotopic (exact) mass is 547 g/mol. The maximum Gasteiger partial charge on any atom is 0.338 e. The lowest BCUT2D eigenvalue weighted by molar-refractivity contribution is -0.385. The number of rotatable bonds is 6. The van der Waals surface area contributed by atoms with Gasteiger partial charge in [-0.15, -0.1) is 0 Å². The normalized spacial score (nSPS) is 14.5. The van der Waals surface area contributed by atoms with Crippen LogP contribution in [0, 0.1) is 10.1 Å². The number of hydrogen-bond donors (Lipinski definition) is 2. The van der Waals surface area contributed by atoms with Crippen molar-refractivity contribution in [3.63, 3.8) is 0 Å². The summed E-state index contributed by atoms with van der Waals surface area (Å²) in [4.78, 5) is 36.5. The van der Waals surface area contributed by atoms with E-state index in [1.54, 1.807) is 53.2 Å². The minimum atomic E-state index is -0.694. The number of aromatic nitrogens is 1. The first-order chi connectivity index (χ1) is 16.7. The molecule has 1 aliphatic heterocycles. The van der Waals surface area contributed by atoms with E-state index < -0.39 is 16.9 Å². The van der Waals surface area contributed by atoms with E-state index in [0.29, 0.717) is 22.0 Å². The zero-order chi connectivity index (χ0) is 25.1. The molecular weight excluding hydrogens is 533 g/mol. The first kappa shape index (κ1) is 24.7. The van der Waals surface area contributed by atoms with Crippen LogP contribution in [0.25, 0.3) is 6.08 Å². The molecule has 9 nitrogen and oxygen atoms in total. The molecule has 0 aliphatic carbocycles. The van der Waals surface area contributed by atoms with Gasteiger partial charge in [0.1, 0.15) is 0 Å². The van der Waals surface area contributed by atoms with Gasteiger partial charge in [0.2, 0.25) is 0 Å². The molecule has 2 heterocycles. The van der Waals surface area contributed by atoms with E-state index in [1.165, 1.54) is 18.2 Å². The Labute approximate surface area is 218 Å². The molecule has 0 radical (unpaired) electrons. The van der Waals surface area contributed by atoms with Gasteiger partial charge in [0.15, 0.2) is 4.32 Å². The van der Waals surface area contributed by atoms with Crippen LogP contribution in [0.2, 0.25) is 10.0 Å². The molecule has 35 heavy (non-hydrogen) atoms. The van der Waals surface area contributed by atoms with Crippen LogP contribution in [0.1, 0.15) is 11.3 Å². The number of thioether (sulfide) groups is 1. The van der Waals surface area contributed by atoms with Gasteiger partial charge in [-0.2, -0.15) is 5.01 Å². The molecule has 0 spiro atoms. The van der Waals surface area contributed by atoms with Crippen LogP contribution in [-0.4, -0.2) is 30.8 Å². The van der Waals surface area contributed by atoms with Crippen LogP contribution >= 0.6 is 47.2 Å². The fraction of sp³-hybridized carbons (Fsp3) is 0.0455. The number of hydrogen-bond acceptors (Lipinski definition) is 6. The second kappa shape index (κ2) is 10.5. The number of nitro groups is 1. The molecule has 178 valence electrons. The molecule has 3 amide bonds. The molecule has 2 aromatic carbocycles. The SMILES string of the molecule is O=C(Nc1ccc(Cl)c(Cl)c1)NN1C(=O)/C(=C\c2cccn2Cc2ccccc2[N+](=O)[O-])SC1=S. The van der Waals surface area contributed by atoms with E-state index in [2.05, 4.69) is 10.7 Å². The van der Waals surface area contributed by atoms with Gasteiger partial charge in [0.25, 0.3) is 11.6 Å². The van der Waals surface area contributed by atoms with E-state index in [9.17, 15) is 19.7 Å². The first-order valence-electron chi connectivity index (χ1n) is 9.91. The Bertz CT molecular complexity index is 1390. The third-order valence-electron chi connectivity index (χ3n) is 4.86. The Morgan fingerprint density at radius 2 is 1.91 bits per heavy atom. The highest BCUT2D eigenvalue weighted by Gasteiger charge is 2.34. The van der Waals surface area contributed by atoms with Gasteiger partial charge in [0.05, 0.1) is 26.4 Å². The fourth-order valence-corrected chi connectivity index (χ4v) is 4.70. The lowest BCUT2D eigenvalue weighted by Crippen LogP contribution is -2.46. The summed E-state index contributed by atoms with van der Waals surface area (Å²) in [6, 6.07) is 13.9. The Morgan fingerprint density at radius 1 is 1.14 bits per heavy atom. The van der Waals surface area contributed by atoms with Gasteiger partial charge >= 0.3 is 6.03 Å². The lowest BCUT2D eigenvalue weighted by Gasteiger charge is -2.16. The Kier molecular flexibility index (Phi) is 7.41. The minimum Gasteiger partial charge on any atom is -0.343 e. The first-order valence-corrected chi connectivity index (χ1v) is 11.9. The highest BCUT2D eigenvalue weighted by molar-refractivity contribution is 8.26. The lowest BCUT2D eigenvalue weighted by atomic mass is 10.2. The third kappa shape index (κ3) is 5.65. The summed E-state index contributed by atoms with van der Waals surface area (Å²) >= 11 is 18.1. The molecule has 0 bridgehead atoms. The number of benzene rings is 2. The summed E-state index contributed by atoms with van der Waals surface area (Å²) in [5, 5.41) is 15.5. The van der Waals surface area contributed by atoms with Crippen molar-refractivity contribution in [3.8, 4) is 0 Å². The van der Waals surface area contributed by atoms with Gasteiger partial charge in [-0.25, -0.2) is 10.2 Å². The second-order valence-corrected chi connectivity index (χ2v) is 9.65. The smallest absolute Gasteiger partial charge is 0.338 e. The van der Waals surface area contributed by atoms with Gasteiger partial charge in [0, 0.05) is 29.2 Å². The molecule has 0 unspecified atom stereocenters. The summed E-state index contributed by atoms with van der Waals surface area (Å²) in [6.45, 7) is 0.237. The van der Waals surface area contributed by atoms with Gasteiger partial charge in [-0.1, -0.05) is 53.2 Å². The molecule has 0 saturated carbocycles. The molecule has 1 saturated heterocycles. The van der Waals surface area contributed by atoms with E-state index in [4.69, 9.17) is 35.4 Å².